The van der Waals surface area contributed by atoms with Crippen molar-refractivity contribution >= 4 is 34.8 Å². The Morgan fingerprint density at radius 1 is 1.24 bits per heavy atom. The summed E-state index contributed by atoms with van der Waals surface area (Å²) in [4.78, 5) is 19.9. The van der Waals surface area contributed by atoms with Crippen LogP contribution in [-0.2, 0) is 0 Å². The predicted octanol–water partition coefficient (Wildman–Crippen LogP) is 3.42. The molecule has 0 saturated heterocycles. The van der Waals surface area contributed by atoms with E-state index in [4.69, 9.17) is 27.6 Å². The van der Waals surface area contributed by atoms with Gasteiger partial charge in [0.1, 0.15) is 12.1 Å². The molecule has 0 atom stereocenters. The summed E-state index contributed by atoms with van der Waals surface area (Å²) in [6.45, 7) is 0. The average Bonchev–Trinajstić information content (AvgIpc) is 3.12. The minimum Gasteiger partial charge on any atom is -0.459 e. The number of carbonyl (C=O) groups excluding carboxylic acids is 1. The van der Waals surface area contributed by atoms with Gasteiger partial charge in [0.15, 0.2) is 16.1 Å². The summed E-state index contributed by atoms with van der Waals surface area (Å²) in [5.41, 5.74) is 0.530. The lowest BCUT2D eigenvalue weighted by atomic mass is 10.3. The summed E-state index contributed by atoms with van der Waals surface area (Å²) in [5.74, 6) is 0.414. The topological polar surface area (TPSA) is 73.0 Å². The van der Waals surface area contributed by atoms with Crippen LogP contribution in [0.2, 0.25) is 10.3 Å². The molecular formula is C13H8Cl2N4O2. The van der Waals surface area contributed by atoms with E-state index in [0.29, 0.717) is 11.5 Å². The SMILES string of the molecule is O=C(Nc1ccc(-n2cnc(Cl)c2Cl)nc1)c1ccco1. The number of amides is 1. The lowest BCUT2D eigenvalue weighted by Crippen LogP contribution is -2.11. The molecule has 3 heterocycles. The van der Waals surface area contributed by atoms with Crippen molar-refractivity contribution in [1.82, 2.24) is 14.5 Å². The summed E-state index contributed by atoms with van der Waals surface area (Å²) in [6, 6.07) is 6.58. The number of furan rings is 1. The Balaban J connectivity index is 1.78. The van der Waals surface area contributed by atoms with Crippen molar-refractivity contribution in [2.24, 2.45) is 0 Å². The molecule has 8 heteroatoms. The normalized spacial score (nSPS) is 10.6. The Labute approximate surface area is 129 Å². The number of aromatic nitrogens is 3. The van der Waals surface area contributed by atoms with Crippen LogP contribution in [0, 0.1) is 0 Å². The molecule has 3 aromatic rings. The molecule has 1 N–H and O–H groups in total. The smallest absolute Gasteiger partial charge is 0.291 e. The Kier molecular flexibility index (Phi) is 3.64. The largest absolute Gasteiger partial charge is 0.459 e. The second kappa shape index (κ2) is 5.59. The van der Waals surface area contributed by atoms with Gasteiger partial charge in [-0.3, -0.25) is 9.36 Å². The summed E-state index contributed by atoms with van der Waals surface area (Å²) < 4.78 is 6.53. The first-order chi connectivity index (χ1) is 10.1. The third-order valence-corrected chi connectivity index (χ3v) is 3.40. The standard InChI is InChI=1S/C13H8Cl2N4O2/c14-11-12(15)19(7-17-11)10-4-3-8(6-16-10)18-13(20)9-2-1-5-21-9/h1-7H,(H,18,20). The van der Waals surface area contributed by atoms with E-state index in [1.165, 1.54) is 23.4 Å². The van der Waals surface area contributed by atoms with Crippen LogP contribution in [0.1, 0.15) is 10.6 Å². The van der Waals surface area contributed by atoms with E-state index in [2.05, 4.69) is 15.3 Å². The Bertz CT molecular complexity index is 766. The highest BCUT2D eigenvalue weighted by molar-refractivity contribution is 6.40. The molecule has 6 nitrogen and oxygen atoms in total. The van der Waals surface area contributed by atoms with E-state index in [0.717, 1.165) is 0 Å². The molecule has 106 valence electrons. The van der Waals surface area contributed by atoms with E-state index < -0.39 is 0 Å². The van der Waals surface area contributed by atoms with Crippen molar-refractivity contribution in [3.05, 3.63) is 59.1 Å². The van der Waals surface area contributed by atoms with Crippen LogP contribution < -0.4 is 5.32 Å². The van der Waals surface area contributed by atoms with Gasteiger partial charge in [-0.1, -0.05) is 23.2 Å². The fourth-order valence-corrected chi connectivity index (χ4v) is 1.99. The van der Waals surface area contributed by atoms with E-state index in [-0.39, 0.29) is 22.0 Å². The zero-order chi connectivity index (χ0) is 14.8. The van der Waals surface area contributed by atoms with Crippen molar-refractivity contribution < 1.29 is 9.21 Å². The lowest BCUT2D eigenvalue weighted by molar-refractivity contribution is 0.0996. The molecule has 0 aromatic carbocycles. The first kappa shape index (κ1) is 13.7. The van der Waals surface area contributed by atoms with Crippen LogP contribution in [0.5, 0.6) is 0 Å². The van der Waals surface area contributed by atoms with Gasteiger partial charge in [0.2, 0.25) is 0 Å². The number of carbonyl (C=O) groups is 1. The fraction of sp³-hybridized carbons (Fsp3) is 0. The Hall–Kier alpha value is -2.31. The number of nitrogens with zero attached hydrogens (tertiary/aromatic N) is 3. The maximum absolute atomic E-state index is 11.8. The van der Waals surface area contributed by atoms with Gasteiger partial charge in [0.05, 0.1) is 18.1 Å². The van der Waals surface area contributed by atoms with Crippen molar-refractivity contribution in [1.29, 1.82) is 0 Å². The van der Waals surface area contributed by atoms with E-state index in [1.54, 1.807) is 24.3 Å². The highest BCUT2D eigenvalue weighted by atomic mass is 35.5. The van der Waals surface area contributed by atoms with Gasteiger partial charge in [-0.2, -0.15) is 0 Å². The zero-order valence-electron chi connectivity index (χ0n) is 10.5. The molecule has 0 saturated carbocycles. The molecule has 0 aliphatic carbocycles. The molecule has 0 bridgehead atoms. The molecule has 0 aliphatic heterocycles. The third kappa shape index (κ3) is 2.76. The van der Waals surface area contributed by atoms with Gasteiger partial charge in [0, 0.05) is 0 Å². The second-order valence-electron chi connectivity index (χ2n) is 4.03. The summed E-state index contributed by atoms with van der Waals surface area (Å²) in [5, 5.41) is 3.14. The van der Waals surface area contributed by atoms with Crippen molar-refractivity contribution in [3.8, 4) is 5.82 Å². The van der Waals surface area contributed by atoms with Crippen LogP contribution in [0.3, 0.4) is 0 Å². The number of rotatable bonds is 3. The zero-order valence-corrected chi connectivity index (χ0v) is 12.0. The van der Waals surface area contributed by atoms with Gasteiger partial charge in [-0.15, -0.1) is 0 Å². The maximum atomic E-state index is 11.8. The lowest BCUT2D eigenvalue weighted by Gasteiger charge is -2.05. The molecule has 21 heavy (non-hydrogen) atoms. The molecule has 3 aromatic heterocycles. The number of anilines is 1. The van der Waals surface area contributed by atoms with Crippen molar-refractivity contribution in [2.45, 2.75) is 0 Å². The quantitative estimate of drug-likeness (QED) is 0.801. The maximum Gasteiger partial charge on any atom is 0.291 e. The molecule has 0 fully saturated rings. The minimum atomic E-state index is -0.349. The van der Waals surface area contributed by atoms with Gasteiger partial charge >= 0.3 is 0 Å². The molecular weight excluding hydrogens is 315 g/mol. The number of hydrogen-bond acceptors (Lipinski definition) is 4. The van der Waals surface area contributed by atoms with Gasteiger partial charge in [-0.25, -0.2) is 9.97 Å². The summed E-state index contributed by atoms with van der Waals surface area (Å²) in [6.07, 6.45) is 4.40. The molecule has 0 unspecified atom stereocenters. The monoisotopic (exact) mass is 322 g/mol. The highest BCUT2D eigenvalue weighted by Crippen LogP contribution is 2.23. The number of halogens is 2. The number of hydrogen-bond donors (Lipinski definition) is 1. The first-order valence-electron chi connectivity index (χ1n) is 5.85. The number of nitrogens with one attached hydrogen (secondary N) is 1. The fourth-order valence-electron chi connectivity index (χ4n) is 1.67. The molecule has 0 radical (unpaired) electrons. The van der Waals surface area contributed by atoms with Crippen LogP contribution in [0.4, 0.5) is 5.69 Å². The van der Waals surface area contributed by atoms with Crippen LogP contribution in [-0.4, -0.2) is 20.4 Å². The Morgan fingerprint density at radius 2 is 2.10 bits per heavy atom. The average molecular weight is 323 g/mol. The summed E-state index contributed by atoms with van der Waals surface area (Å²) in [7, 11) is 0. The number of imidazole rings is 1. The van der Waals surface area contributed by atoms with Crippen LogP contribution in [0.25, 0.3) is 5.82 Å². The van der Waals surface area contributed by atoms with Gasteiger partial charge < -0.3 is 9.73 Å². The van der Waals surface area contributed by atoms with E-state index in [1.807, 2.05) is 0 Å². The summed E-state index contributed by atoms with van der Waals surface area (Å²) >= 11 is 11.8. The van der Waals surface area contributed by atoms with Crippen LogP contribution in [0.15, 0.2) is 47.5 Å². The molecule has 0 spiro atoms. The first-order valence-corrected chi connectivity index (χ1v) is 6.60. The minimum absolute atomic E-state index is 0.202. The second-order valence-corrected chi connectivity index (χ2v) is 4.75. The highest BCUT2D eigenvalue weighted by Gasteiger charge is 2.11. The van der Waals surface area contributed by atoms with Crippen LogP contribution >= 0.6 is 23.2 Å². The molecule has 1 amide bonds. The van der Waals surface area contributed by atoms with Gasteiger partial charge in [0.25, 0.3) is 5.91 Å². The molecule has 3 rings (SSSR count). The Morgan fingerprint density at radius 3 is 2.67 bits per heavy atom. The van der Waals surface area contributed by atoms with Crippen molar-refractivity contribution in [3.63, 3.8) is 0 Å². The third-order valence-electron chi connectivity index (χ3n) is 2.67. The van der Waals surface area contributed by atoms with E-state index >= 15 is 0 Å². The molecule has 0 aliphatic rings. The van der Waals surface area contributed by atoms with E-state index in [9.17, 15) is 4.79 Å². The van der Waals surface area contributed by atoms with Crippen molar-refractivity contribution in [2.75, 3.05) is 5.32 Å². The predicted molar refractivity (Wildman–Crippen MR) is 78.0 cm³/mol. The number of pyridine rings is 1. The van der Waals surface area contributed by atoms with Gasteiger partial charge in [-0.05, 0) is 24.3 Å².